The molecule has 0 bridgehead atoms. The minimum absolute atomic E-state index is 0.0755. The van der Waals surface area contributed by atoms with Crippen LogP contribution in [0.25, 0.3) is 16.8 Å². The molecule has 2 aromatic rings. The number of amides is 2. The van der Waals surface area contributed by atoms with Gasteiger partial charge in [0.2, 0.25) is 11.8 Å². The van der Waals surface area contributed by atoms with E-state index in [9.17, 15) is 9.59 Å². The van der Waals surface area contributed by atoms with Gasteiger partial charge in [0.25, 0.3) is 0 Å². The number of likely N-dealkylation sites (N-methyl/N-ethyl adjacent to an activating group) is 1. The van der Waals surface area contributed by atoms with Gasteiger partial charge in [0, 0.05) is 43.0 Å². The highest BCUT2D eigenvalue weighted by molar-refractivity contribution is 6.01. The Morgan fingerprint density at radius 3 is 2.59 bits per heavy atom. The van der Waals surface area contributed by atoms with Crippen LogP contribution in [0.2, 0.25) is 0 Å². The Balaban J connectivity index is 1.47. The van der Waals surface area contributed by atoms with Crippen molar-refractivity contribution in [1.29, 1.82) is 0 Å². The third-order valence-corrected chi connectivity index (χ3v) is 6.60. The van der Waals surface area contributed by atoms with Crippen molar-refractivity contribution in [3.63, 3.8) is 0 Å². The van der Waals surface area contributed by atoms with E-state index in [0.717, 1.165) is 52.9 Å². The topological polar surface area (TPSA) is 105 Å². The van der Waals surface area contributed by atoms with Crippen molar-refractivity contribution in [2.24, 2.45) is 11.6 Å². The zero-order valence-electron chi connectivity index (χ0n) is 18.7. The first-order valence-corrected chi connectivity index (χ1v) is 11.2. The van der Waals surface area contributed by atoms with E-state index in [2.05, 4.69) is 17.4 Å². The number of carbonyl (C=O) groups excluding carboxylic acids is 2. The second-order valence-corrected chi connectivity index (χ2v) is 8.59. The number of carbonyl (C=O) groups is 2. The number of hydrogen-bond acceptors (Lipinski definition) is 5. The van der Waals surface area contributed by atoms with Gasteiger partial charge in [0.1, 0.15) is 0 Å². The molecule has 1 fully saturated rings. The van der Waals surface area contributed by atoms with Crippen molar-refractivity contribution in [1.82, 2.24) is 10.3 Å². The van der Waals surface area contributed by atoms with E-state index in [1.54, 1.807) is 16.1 Å². The van der Waals surface area contributed by atoms with E-state index < -0.39 is 0 Å². The largest absolute Gasteiger partial charge is 0.403 e. The van der Waals surface area contributed by atoms with Gasteiger partial charge < -0.3 is 21.0 Å². The second kappa shape index (κ2) is 9.04. The van der Waals surface area contributed by atoms with Crippen LogP contribution >= 0.6 is 0 Å². The van der Waals surface area contributed by atoms with Gasteiger partial charge in [-0.15, -0.1) is 0 Å². The molecule has 168 valence electrons. The number of nitrogens with two attached hydrogens (primary N) is 2. The molecule has 2 aliphatic rings. The summed E-state index contributed by atoms with van der Waals surface area (Å²) in [6.45, 7) is 1.86. The van der Waals surface area contributed by atoms with Crippen molar-refractivity contribution in [3.05, 3.63) is 59.8 Å². The number of benzene rings is 2. The SMILES string of the molecule is CCC(=O)N[C@H]1CC[C@@H](N(N)/C(=C\N)c2ccc(-c3ccc4c(c3)N(C)C(=O)C4)cc2)C1. The summed E-state index contributed by atoms with van der Waals surface area (Å²) in [5, 5.41) is 4.80. The van der Waals surface area contributed by atoms with Gasteiger partial charge in [-0.05, 0) is 42.0 Å². The van der Waals surface area contributed by atoms with Crippen LogP contribution in [0.4, 0.5) is 5.69 Å². The van der Waals surface area contributed by atoms with Crippen molar-refractivity contribution >= 4 is 23.2 Å². The molecular formula is C25H31N5O2. The summed E-state index contributed by atoms with van der Waals surface area (Å²) in [6.07, 6.45) is 5.12. The lowest BCUT2D eigenvalue weighted by molar-refractivity contribution is -0.121. The molecule has 2 amide bonds. The molecule has 4 rings (SSSR count). The number of hydrazine groups is 1. The number of nitrogens with one attached hydrogen (secondary N) is 1. The van der Waals surface area contributed by atoms with E-state index in [1.165, 1.54) is 0 Å². The first kappa shape index (κ1) is 21.9. The minimum atomic E-state index is 0.0755. The maximum atomic E-state index is 12.0. The fraction of sp³-hybridized carbons (Fsp3) is 0.360. The molecule has 0 aromatic heterocycles. The van der Waals surface area contributed by atoms with Crippen LogP contribution in [0.3, 0.4) is 0 Å². The highest BCUT2D eigenvalue weighted by atomic mass is 16.2. The molecule has 1 aliphatic carbocycles. The van der Waals surface area contributed by atoms with Gasteiger partial charge in [-0.3, -0.25) is 9.59 Å². The van der Waals surface area contributed by atoms with Crippen molar-refractivity contribution < 1.29 is 9.59 Å². The zero-order valence-corrected chi connectivity index (χ0v) is 18.7. The van der Waals surface area contributed by atoms with Crippen molar-refractivity contribution in [3.8, 4) is 11.1 Å². The molecule has 0 spiro atoms. The standard InChI is InChI=1S/C25H31N5O2/c1-3-24(31)28-20-10-11-21(14-20)30(27)23(15-26)17-6-4-16(5-7-17)18-8-9-19-13-25(32)29(2)22(19)12-18/h4-9,12,15,20-21H,3,10-11,13-14,26-27H2,1-2H3,(H,28,31)/b23-15-/t20-,21+/m0/s1. The minimum Gasteiger partial charge on any atom is -0.403 e. The maximum absolute atomic E-state index is 12.0. The Morgan fingerprint density at radius 1 is 1.19 bits per heavy atom. The lowest BCUT2D eigenvalue weighted by Gasteiger charge is -2.28. The fourth-order valence-electron chi connectivity index (χ4n) is 4.65. The molecule has 1 aliphatic heterocycles. The van der Waals surface area contributed by atoms with E-state index >= 15 is 0 Å². The Bertz CT molecular complexity index is 1050. The average molecular weight is 434 g/mol. The first-order chi connectivity index (χ1) is 15.4. The second-order valence-electron chi connectivity index (χ2n) is 8.59. The van der Waals surface area contributed by atoms with E-state index in [0.29, 0.717) is 12.8 Å². The van der Waals surface area contributed by atoms with Crippen LogP contribution in [0, 0.1) is 0 Å². The predicted molar refractivity (Wildman–Crippen MR) is 127 cm³/mol. The Labute approximate surface area is 189 Å². The molecule has 1 heterocycles. The fourth-order valence-corrected chi connectivity index (χ4v) is 4.65. The molecule has 0 saturated heterocycles. The predicted octanol–water partition coefficient (Wildman–Crippen LogP) is 2.75. The summed E-state index contributed by atoms with van der Waals surface area (Å²) in [4.78, 5) is 25.4. The number of hydrogen-bond donors (Lipinski definition) is 3. The number of anilines is 1. The highest BCUT2D eigenvalue weighted by Crippen LogP contribution is 2.33. The smallest absolute Gasteiger partial charge is 0.231 e. The summed E-state index contributed by atoms with van der Waals surface area (Å²) >= 11 is 0. The molecule has 5 N–H and O–H groups in total. The molecular weight excluding hydrogens is 402 g/mol. The van der Waals surface area contributed by atoms with Crippen LogP contribution < -0.4 is 21.8 Å². The van der Waals surface area contributed by atoms with Crippen molar-refractivity contribution in [2.75, 3.05) is 11.9 Å². The molecule has 1 saturated carbocycles. The van der Waals surface area contributed by atoms with Crippen LogP contribution in [0.1, 0.15) is 43.7 Å². The number of fused-ring (bicyclic) bond motifs is 1. The van der Waals surface area contributed by atoms with E-state index in [1.807, 2.05) is 44.3 Å². The molecule has 2 aromatic carbocycles. The number of nitrogens with zero attached hydrogens (tertiary/aromatic N) is 2. The van der Waals surface area contributed by atoms with Crippen molar-refractivity contribution in [2.45, 2.75) is 51.1 Å². The van der Waals surface area contributed by atoms with Crippen LogP contribution in [-0.4, -0.2) is 36.0 Å². The molecule has 0 radical (unpaired) electrons. The quantitative estimate of drug-likeness (QED) is 0.480. The summed E-state index contributed by atoms with van der Waals surface area (Å²) < 4.78 is 0. The van der Waals surface area contributed by atoms with E-state index in [4.69, 9.17) is 11.6 Å². The van der Waals surface area contributed by atoms with Gasteiger partial charge >= 0.3 is 0 Å². The van der Waals surface area contributed by atoms with Crippen LogP contribution in [0.5, 0.6) is 0 Å². The molecule has 2 atom stereocenters. The van der Waals surface area contributed by atoms with Gasteiger partial charge in [-0.1, -0.05) is 43.3 Å². The van der Waals surface area contributed by atoms with E-state index in [-0.39, 0.29) is 23.9 Å². The summed E-state index contributed by atoms with van der Waals surface area (Å²) in [5.41, 5.74) is 11.8. The number of rotatable bonds is 6. The summed E-state index contributed by atoms with van der Waals surface area (Å²) in [7, 11) is 1.82. The van der Waals surface area contributed by atoms with Gasteiger partial charge in [-0.2, -0.15) is 0 Å². The van der Waals surface area contributed by atoms with Crippen LogP contribution in [-0.2, 0) is 16.0 Å². The normalized spacial score (nSPS) is 20.4. The van der Waals surface area contributed by atoms with Gasteiger partial charge in [0.05, 0.1) is 12.1 Å². The summed E-state index contributed by atoms with van der Waals surface area (Å²) in [6, 6.07) is 14.5. The molecule has 0 unspecified atom stereocenters. The Morgan fingerprint density at radius 2 is 1.91 bits per heavy atom. The molecule has 32 heavy (non-hydrogen) atoms. The molecule has 7 heteroatoms. The third-order valence-electron chi connectivity index (χ3n) is 6.60. The third kappa shape index (κ3) is 4.21. The Hall–Kier alpha value is -3.32. The monoisotopic (exact) mass is 433 g/mol. The maximum Gasteiger partial charge on any atom is 0.231 e. The molecule has 7 nitrogen and oxygen atoms in total. The summed E-state index contributed by atoms with van der Waals surface area (Å²) in [5.74, 6) is 6.66. The Kier molecular flexibility index (Phi) is 6.19. The lowest BCUT2D eigenvalue weighted by Crippen LogP contribution is -2.40. The van der Waals surface area contributed by atoms with Gasteiger partial charge in [0.15, 0.2) is 0 Å². The average Bonchev–Trinajstić information content (AvgIpc) is 3.38. The van der Waals surface area contributed by atoms with Crippen LogP contribution in [0.15, 0.2) is 48.7 Å². The van der Waals surface area contributed by atoms with Gasteiger partial charge in [-0.25, -0.2) is 5.84 Å². The highest BCUT2D eigenvalue weighted by Gasteiger charge is 2.30. The lowest BCUT2D eigenvalue weighted by atomic mass is 10.00. The zero-order chi connectivity index (χ0) is 22.8. The first-order valence-electron chi connectivity index (χ1n) is 11.2.